The molecule has 8 aromatic rings. The Morgan fingerprint density at radius 2 is 1.14 bits per heavy atom. The molecule has 5 aliphatic heterocycles. The van der Waals surface area contributed by atoms with Crippen LogP contribution in [0.25, 0.3) is 22.3 Å². The SMILES string of the molecule is CN1C(=O)[C@@](CCC2CCCCC2)(C[C@H]2CCC[C@@H](CC(=O)Cc3ccc(N(C)C)cc3)C2)N=C1N.CN1CC(C)(c2cccc(-c3cccc(C#N)c3)c2)N=C1N.CN1CC(C)(c2cccc(-c3cccc(Cl)c3)c2)N=C1N.COC[C@H]1CCCN1C(=O)c1cc(C)cc(CN2C(=O)C(c3ccccc3)(c3ccccc3)N=C2N)c1. The summed E-state index contributed by atoms with van der Waals surface area (Å²) in [7, 11) is 11.4. The molecule has 2 unspecified atom stereocenters. The molecule has 2 saturated carbocycles. The molecular weight excluding hydrogens is 1470 g/mol. The molecule has 3 fully saturated rings. The van der Waals surface area contributed by atoms with E-state index in [4.69, 9.17) is 54.5 Å². The third kappa shape index (κ3) is 19.7. The van der Waals surface area contributed by atoms with Gasteiger partial charge in [0.15, 0.2) is 29.4 Å². The minimum Gasteiger partial charge on any atom is -0.383 e. The van der Waals surface area contributed by atoms with Crippen LogP contribution >= 0.6 is 11.6 Å². The Labute approximate surface area is 690 Å². The van der Waals surface area contributed by atoms with E-state index in [2.05, 4.69) is 108 Å². The Kier molecular flexibility index (Phi) is 27.0. The number of likely N-dealkylation sites (tertiary alicyclic amines) is 1. The summed E-state index contributed by atoms with van der Waals surface area (Å²) in [5.41, 5.74) is 35.3. The van der Waals surface area contributed by atoms with Crippen molar-refractivity contribution < 1.29 is 23.9 Å². The van der Waals surface area contributed by atoms with Crippen LogP contribution in [0, 0.1) is 36.0 Å². The van der Waals surface area contributed by atoms with E-state index in [9.17, 15) is 19.2 Å². The number of Topliss-reactive ketones (excluding diaryl/α,β-unsaturated/α-hetero) is 1. The molecule has 3 amide bonds. The molecule has 1 saturated heterocycles. The van der Waals surface area contributed by atoms with Gasteiger partial charge >= 0.3 is 0 Å². The molecule has 5 heterocycles. The van der Waals surface area contributed by atoms with Crippen LogP contribution < -0.4 is 27.8 Å². The van der Waals surface area contributed by atoms with Crippen LogP contribution in [0.4, 0.5) is 5.69 Å². The Hall–Kier alpha value is -11.1. The smallest absolute Gasteiger partial charge is 0.266 e. The number of benzene rings is 8. The molecule has 0 aromatic heterocycles. The highest BCUT2D eigenvalue weighted by atomic mass is 35.5. The summed E-state index contributed by atoms with van der Waals surface area (Å²) in [6.45, 7) is 9.18. The molecule has 21 heteroatoms. The summed E-state index contributed by atoms with van der Waals surface area (Å²) < 4.78 is 5.33. The summed E-state index contributed by atoms with van der Waals surface area (Å²) in [4.78, 5) is 83.6. The highest BCUT2D eigenvalue weighted by Crippen LogP contribution is 2.45. The third-order valence-corrected chi connectivity index (χ3v) is 24.5. The van der Waals surface area contributed by atoms with Crippen molar-refractivity contribution in [3.05, 3.63) is 255 Å². The Morgan fingerprint density at radius 3 is 1.69 bits per heavy atom. The van der Waals surface area contributed by atoms with Gasteiger partial charge in [-0.3, -0.25) is 29.0 Å². The number of carbonyl (C=O) groups excluding carboxylic acids is 4. The van der Waals surface area contributed by atoms with Crippen molar-refractivity contribution in [1.82, 2.24) is 24.5 Å². The molecule has 6 atom stereocenters. The van der Waals surface area contributed by atoms with Gasteiger partial charge in [0.05, 0.1) is 30.8 Å². The van der Waals surface area contributed by atoms with Gasteiger partial charge in [0, 0.05) is 91.1 Å². The van der Waals surface area contributed by atoms with Gasteiger partial charge in [0.25, 0.3) is 17.7 Å². The molecule has 15 rings (SSSR count). The first kappa shape index (κ1) is 84.3. The summed E-state index contributed by atoms with van der Waals surface area (Å²) in [5, 5.41) is 9.79. The fraction of sp³-hybridized carbons (Fsp3) is 0.400. The predicted molar refractivity (Wildman–Crippen MR) is 467 cm³/mol. The van der Waals surface area contributed by atoms with Crippen LogP contribution in [0.1, 0.15) is 165 Å². The monoisotopic (exact) mass is 1580 g/mol. The lowest BCUT2D eigenvalue weighted by Gasteiger charge is -2.35. The molecule has 8 aromatic carbocycles. The highest BCUT2D eigenvalue weighted by molar-refractivity contribution is 6.30. The van der Waals surface area contributed by atoms with Gasteiger partial charge in [-0.1, -0.05) is 202 Å². The van der Waals surface area contributed by atoms with Gasteiger partial charge in [0.2, 0.25) is 0 Å². The van der Waals surface area contributed by atoms with Crippen LogP contribution in [0.15, 0.2) is 220 Å². The minimum atomic E-state index is -1.25. The van der Waals surface area contributed by atoms with Crippen LogP contribution in [0.2, 0.25) is 5.02 Å². The number of hydrogen-bond acceptors (Lipinski definition) is 17. The largest absolute Gasteiger partial charge is 0.383 e. The number of halogens is 1. The molecule has 116 heavy (non-hydrogen) atoms. The number of aliphatic imine (C=N–C) groups is 4. The van der Waals surface area contributed by atoms with Gasteiger partial charge in [-0.05, 0) is 199 Å². The third-order valence-electron chi connectivity index (χ3n) is 24.2. The molecule has 20 nitrogen and oxygen atoms in total. The number of hydrogen-bond donors (Lipinski definition) is 4. The van der Waals surface area contributed by atoms with Crippen LogP contribution in [-0.4, -0.2) is 152 Å². The number of methoxy groups -OCH3 is 1. The maximum absolute atomic E-state index is 14.1. The van der Waals surface area contributed by atoms with Crippen LogP contribution in [-0.2, 0) is 48.7 Å². The number of ketones is 1. The van der Waals surface area contributed by atoms with E-state index in [1.807, 2.05) is 177 Å². The normalized spacial score (nSPS) is 22.2. The number of guanidine groups is 4. The molecule has 0 radical (unpaired) electrons. The van der Waals surface area contributed by atoms with Crippen molar-refractivity contribution in [1.29, 1.82) is 5.26 Å². The number of nitriles is 1. The number of aryl methyl sites for hydroxylation is 1. The van der Waals surface area contributed by atoms with E-state index in [0.717, 1.165) is 149 Å². The van der Waals surface area contributed by atoms with Crippen molar-refractivity contribution in [3.63, 3.8) is 0 Å². The summed E-state index contributed by atoms with van der Waals surface area (Å²) >= 11 is 6.08. The lowest BCUT2D eigenvalue weighted by Crippen LogP contribution is -2.44. The van der Waals surface area contributed by atoms with Crippen molar-refractivity contribution in [2.45, 2.75) is 158 Å². The Bertz CT molecular complexity index is 4940. The first-order valence-electron chi connectivity index (χ1n) is 40.9. The van der Waals surface area contributed by atoms with Gasteiger partial charge in [-0.25, -0.2) is 20.0 Å². The van der Waals surface area contributed by atoms with Gasteiger partial charge in [-0.15, -0.1) is 0 Å². The second-order valence-electron chi connectivity index (χ2n) is 33.3. The van der Waals surface area contributed by atoms with Gasteiger partial charge in [-0.2, -0.15) is 5.26 Å². The number of nitrogens with zero attached hydrogens (tertiary/aromatic N) is 11. The Morgan fingerprint density at radius 1 is 0.578 bits per heavy atom. The average Bonchev–Trinajstić information content (AvgIpc) is 1.59. The molecule has 2 aliphatic carbocycles. The second kappa shape index (κ2) is 37.2. The maximum Gasteiger partial charge on any atom is 0.266 e. The zero-order chi connectivity index (χ0) is 82.5. The van der Waals surface area contributed by atoms with E-state index in [1.165, 1.54) is 37.0 Å². The van der Waals surface area contributed by atoms with E-state index < -0.39 is 11.1 Å². The fourth-order valence-corrected chi connectivity index (χ4v) is 18.2. The van der Waals surface area contributed by atoms with E-state index >= 15 is 0 Å². The molecule has 606 valence electrons. The quantitative estimate of drug-likeness (QED) is 0.0522. The fourth-order valence-electron chi connectivity index (χ4n) is 18.0. The minimum absolute atomic E-state index is 0.0122. The second-order valence-corrected chi connectivity index (χ2v) is 33.8. The molecular formula is C95H114ClN15O5. The molecule has 0 bridgehead atoms. The maximum atomic E-state index is 14.1. The Balaban J connectivity index is 0.000000147. The first-order valence-corrected chi connectivity index (χ1v) is 41.3. The standard InChI is InChI=1S/C30H32N4O3.C30H46N4O2.C18H18N4.C17H18ClN3/c1-21-16-22(18-23(17-21)27(35)33-15-9-14-26(33)20-37-2)19-34-28(36)30(32-29(34)31,24-10-5-3-6-11-24)25-12-7-4-8-13-25;1-33(2)26-14-12-23(13-15-26)19-27(35)20-24-10-7-11-25(18-24)21-30(28(36)34(3)29(31)32-30)17-16-22-8-5-4-6-9-22;1-18(12-22(2)17(20)21-18)16-8-4-7-15(10-16)14-6-3-5-13(9-14)11-19;1-17(11-21(2)16(19)20-17)14-7-3-5-12(9-14)13-6-4-8-15(18)10-13/h3-8,10-13,16-18,26H,9,14-15,19-20H2,1-2H3,(H2,31,32);12-15,22,24-25H,4-11,16-21H2,1-3H3,(H2,31,32);3-10H,12H2,1-2H3,(H2,20,21);3-10H,11H2,1-2H3,(H2,19,20)/t26-;24-,25+,30-;;/m11../s1. The van der Waals surface area contributed by atoms with Gasteiger partial charge < -0.3 is 47.3 Å². The van der Waals surface area contributed by atoms with Crippen molar-refractivity contribution in [2.75, 3.05) is 73.5 Å². The number of likely N-dealkylation sites (N-methyl/N-ethyl adjacent to an activating group) is 3. The van der Waals surface area contributed by atoms with Crippen molar-refractivity contribution in [2.24, 2.45) is 60.7 Å². The molecule has 0 spiro atoms. The average molecular weight is 1580 g/mol. The number of nitrogens with two attached hydrogens (primary N) is 4. The first-order chi connectivity index (χ1) is 55.7. The van der Waals surface area contributed by atoms with Crippen molar-refractivity contribution >= 4 is 64.6 Å². The number of anilines is 1. The molecule has 8 N–H and O–H groups in total. The number of ether oxygens (including phenoxy) is 1. The van der Waals surface area contributed by atoms with Crippen LogP contribution in [0.3, 0.4) is 0 Å². The van der Waals surface area contributed by atoms with Crippen LogP contribution in [0.5, 0.6) is 0 Å². The summed E-state index contributed by atoms with van der Waals surface area (Å²) in [6.07, 6.45) is 16.6. The number of carbonyl (C=O) groups is 4. The zero-order valence-corrected chi connectivity index (χ0v) is 69.6. The van der Waals surface area contributed by atoms with E-state index in [0.29, 0.717) is 72.0 Å². The highest BCUT2D eigenvalue weighted by Gasteiger charge is 2.51. The lowest BCUT2D eigenvalue weighted by molar-refractivity contribution is -0.132. The topological polar surface area (TPSA) is 274 Å². The summed E-state index contributed by atoms with van der Waals surface area (Å²) in [6, 6.07) is 67.5. The number of amides is 3. The predicted octanol–water partition coefficient (Wildman–Crippen LogP) is 15.4. The summed E-state index contributed by atoms with van der Waals surface area (Å²) in [5.74, 6) is 3.41. The lowest BCUT2D eigenvalue weighted by atomic mass is 9.71. The number of rotatable bonds is 21. The molecule has 7 aliphatic rings. The van der Waals surface area contributed by atoms with Crippen molar-refractivity contribution in [3.8, 4) is 28.3 Å². The van der Waals surface area contributed by atoms with E-state index in [1.54, 1.807) is 19.1 Å². The zero-order valence-electron chi connectivity index (χ0n) is 68.9. The van der Waals surface area contributed by atoms with Gasteiger partial charge in [0.1, 0.15) is 22.4 Å². The van der Waals surface area contributed by atoms with E-state index in [-0.39, 0.29) is 47.3 Å².